The molecule has 6 heteroatoms. The molecule has 0 spiro atoms. The number of hydrogen-bond acceptors (Lipinski definition) is 6. The molecular weight excluding hydrogens is 733 g/mol. The molecule has 0 fully saturated rings. The van der Waals surface area contributed by atoms with Crippen molar-refractivity contribution < 1.29 is 28.6 Å². The van der Waals surface area contributed by atoms with Crippen LogP contribution >= 0.6 is 0 Å². The number of allylic oxidation sites excluding steroid dienone is 20. The van der Waals surface area contributed by atoms with Crippen LogP contribution in [0.25, 0.3) is 0 Å². The molecular formula is C53H82O6. The molecule has 59 heavy (non-hydrogen) atoms. The van der Waals surface area contributed by atoms with Crippen LogP contribution in [-0.4, -0.2) is 37.2 Å². The smallest absolute Gasteiger partial charge is 0.306 e. The highest BCUT2D eigenvalue weighted by molar-refractivity contribution is 5.71. The Balaban J connectivity index is 4.57. The SMILES string of the molecule is CC\C=C/C=C\C=C/C=C\CCCCCCCC(=O)OC(COC(=O)CC/C=C\C/C=C\C/C=C\C/C=C\C/C=C\CC)COC(=O)CCCCCC/C=C\CCCC. The fourth-order valence-corrected chi connectivity index (χ4v) is 5.60. The fourth-order valence-electron chi connectivity index (χ4n) is 5.60. The highest BCUT2D eigenvalue weighted by Gasteiger charge is 2.19. The Morgan fingerprint density at radius 3 is 1.34 bits per heavy atom. The predicted octanol–water partition coefficient (Wildman–Crippen LogP) is 15.0. The van der Waals surface area contributed by atoms with Gasteiger partial charge in [-0.05, 0) is 89.9 Å². The second kappa shape index (κ2) is 46.5. The molecule has 6 nitrogen and oxygen atoms in total. The quantitative estimate of drug-likeness (QED) is 0.0202. The third-order valence-electron chi connectivity index (χ3n) is 9.04. The number of carbonyl (C=O) groups is 3. The second-order valence-corrected chi connectivity index (χ2v) is 14.6. The molecule has 330 valence electrons. The first-order valence-electron chi connectivity index (χ1n) is 23.1. The van der Waals surface area contributed by atoms with Gasteiger partial charge in [-0.25, -0.2) is 0 Å². The zero-order valence-electron chi connectivity index (χ0n) is 37.5. The lowest BCUT2D eigenvalue weighted by molar-refractivity contribution is -0.166. The van der Waals surface area contributed by atoms with E-state index in [9.17, 15) is 14.4 Å². The van der Waals surface area contributed by atoms with Gasteiger partial charge in [0.15, 0.2) is 6.10 Å². The van der Waals surface area contributed by atoms with Crippen LogP contribution in [0.2, 0.25) is 0 Å². The van der Waals surface area contributed by atoms with Gasteiger partial charge in [-0.2, -0.15) is 0 Å². The molecule has 0 saturated carbocycles. The Kier molecular flexibility index (Phi) is 43.2. The highest BCUT2D eigenvalue weighted by atomic mass is 16.6. The van der Waals surface area contributed by atoms with Gasteiger partial charge in [0.05, 0.1) is 0 Å². The lowest BCUT2D eigenvalue weighted by Crippen LogP contribution is -2.30. The van der Waals surface area contributed by atoms with E-state index in [2.05, 4.69) is 106 Å². The van der Waals surface area contributed by atoms with Crippen LogP contribution in [0.3, 0.4) is 0 Å². The van der Waals surface area contributed by atoms with Gasteiger partial charge in [0, 0.05) is 19.3 Å². The summed E-state index contributed by atoms with van der Waals surface area (Å²) in [5, 5.41) is 0. The average Bonchev–Trinajstić information content (AvgIpc) is 3.23. The number of carbonyl (C=O) groups excluding carboxylic acids is 3. The minimum atomic E-state index is -0.826. The molecule has 0 bridgehead atoms. The van der Waals surface area contributed by atoms with E-state index in [0.717, 1.165) is 116 Å². The largest absolute Gasteiger partial charge is 0.462 e. The van der Waals surface area contributed by atoms with Crippen LogP contribution in [0.1, 0.15) is 175 Å². The maximum absolute atomic E-state index is 12.7. The van der Waals surface area contributed by atoms with E-state index in [1.54, 1.807) is 0 Å². The lowest BCUT2D eigenvalue weighted by atomic mass is 10.1. The number of rotatable bonds is 39. The van der Waals surface area contributed by atoms with Gasteiger partial charge < -0.3 is 14.2 Å². The minimum Gasteiger partial charge on any atom is -0.462 e. The Morgan fingerprint density at radius 2 is 0.780 bits per heavy atom. The minimum absolute atomic E-state index is 0.121. The highest BCUT2D eigenvalue weighted by Crippen LogP contribution is 2.11. The number of esters is 3. The van der Waals surface area contributed by atoms with E-state index in [1.165, 1.54) is 12.8 Å². The summed E-state index contributed by atoms with van der Waals surface area (Å²) in [4.78, 5) is 37.7. The van der Waals surface area contributed by atoms with Crippen molar-refractivity contribution in [1.29, 1.82) is 0 Å². The van der Waals surface area contributed by atoms with Crippen LogP contribution in [-0.2, 0) is 28.6 Å². The molecule has 1 unspecified atom stereocenters. The fraction of sp³-hybridized carbons (Fsp3) is 0.566. The van der Waals surface area contributed by atoms with Crippen LogP contribution in [0.4, 0.5) is 0 Å². The Bertz CT molecular complexity index is 1300. The summed E-state index contributed by atoms with van der Waals surface area (Å²) in [5.41, 5.74) is 0. The lowest BCUT2D eigenvalue weighted by Gasteiger charge is -2.18. The topological polar surface area (TPSA) is 78.9 Å². The maximum atomic E-state index is 12.7. The summed E-state index contributed by atoms with van der Waals surface area (Å²) in [5.74, 6) is -1.06. The van der Waals surface area contributed by atoms with E-state index in [-0.39, 0.29) is 44.0 Å². The molecule has 0 saturated heterocycles. The van der Waals surface area contributed by atoms with Crippen molar-refractivity contribution in [3.05, 3.63) is 122 Å². The number of ether oxygens (including phenoxy) is 3. The normalized spacial score (nSPS) is 13.2. The molecule has 0 aliphatic carbocycles. The summed E-state index contributed by atoms with van der Waals surface area (Å²) < 4.78 is 16.6. The van der Waals surface area contributed by atoms with Gasteiger partial charge in [-0.1, -0.05) is 187 Å². The Hall–Kier alpha value is -4.19. The van der Waals surface area contributed by atoms with Gasteiger partial charge in [-0.15, -0.1) is 0 Å². The third kappa shape index (κ3) is 44.8. The van der Waals surface area contributed by atoms with Gasteiger partial charge in [0.25, 0.3) is 0 Å². The van der Waals surface area contributed by atoms with Crippen molar-refractivity contribution in [3.8, 4) is 0 Å². The monoisotopic (exact) mass is 815 g/mol. The first-order valence-corrected chi connectivity index (χ1v) is 23.1. The van der Waals surface area contributed by atoms with Crippen LogP contribution < -0.4 is 0 Å². The van der Waals surface area contributed by atoms with Gasteiger partial charge in [0.1, 0.15) is 13.2 Å². The standard InChI is InChI=1S/C53H82O6/c1-4-7-10-13-16-19-22-24-26-28-29-31-34-37-40-43-46-52(55)58-49-50(48-57-51(54)45-42-39-36-33-21-18-15-12-9-6-3)59-53(56)47-44-41-38-35-32-30-27-25-23-20-17-14-11-8-5-2/h7-8,10-11,14-20,23-27,29,31,37,40,50H,4-6,9,12-13,21-22,28,30,32-36,38-39,41-49H2,1-3H3/b10-7-,11-8-,17-14-,18-15-,19-16-,23-20-,26-24-,27-25-,31-29-,40-37-. The summed E-state index contributed by atoms with van der Waals surface area (Å²) in [7, 11) is 0. The number of unbranched alkanes of at least 4 members (excludes halogenated alkanes) is 11. The van der Waals surface area contributed by atoms with Crippen LogP contribution in [0, 0.1) is 0 Å². The van der Waals surface area contributed by atoms with Gasteiger partial charge in [0.2, 0.25) is 0 Å². The molecule has 0 heterocycles. The van der Waals surface area contributed by atoms with Gasteiger partial charge in [-0.3, -0.25) is 14.4 Å². The molecule has 1 atom stereocenters. The number of hydrogen-bond donors (Lipinski definition) is 0. The van der Waals surface area contributed by atoms with E-state index in [1.807, 2.05) is 36.5 Å². The second-order valence-electron chi connectivity index (χ2n) is 14.6. The van der Waals surface area contributed by atoms with Crippen LogP contribution in [0.15, 0.2) is 122 Å². The first kappa shape index (κ1) is 54.8. The average molecular weight is 815 g/mol. The zero-order chi connectivity index (χ0) is 43.0. The molecule has 0 aliphatic rings. The van der Waals surface area contributed by atoms with Crippen molar-refractivity contribution >= 4 is 17.9 Å². The summed E-state index contributed by atoms with van der Waals surface area (Å²) in [6, 6.07) is 0. The molecule has 0 amide bonds. The molecule has 0 aromatic rings. The molecule has 0 radical (unpaired) electrons. The van der Waals surface area contributed by atoms with Crippen molar-refractivity contribution in [2.24, 2.45) is 0 Å². The zero-order valence-corrected chi connectivity index (χ0v) is 37.5. The molecule has 0 aromatic heterocycles. The predicted molar refractivity (Wildman–Crippen MR) is 251 cm³/mol. The third-order valence-corrected chi connectivity index (χ3v) is 9.04. The van der Waals surface area contributed by atoms with Crippen molar-refractivity contribution in [1.82, 2.24) is 0 Å². The van der Waals surface area contributed by atoms with Crippen molar-refractivity contribution in [2.75, 3.05) is 13.2 Å². The van der Waals surface area contributed by atoms with E-state index >= 15 is 0 Å². The summed E-state index contributed by atoms with van der Waals surface area (Å²) in [6.07, 6.45) is 63.3. The van der Waals surface area contributed by atoms with Gasteiger partial charge >= 0.3 is 17.9 Å². The van der Waals surface area contributed by atoms with Crippen molar-refractivity contribution in [3.63, 3.8) is 0 Å². The molecule has 0 rings (SSSR count). The Morgan fingerprint density at radius 1 is 0.373 bits per heavy atom. The van der Waals surface area contributed by atoms with E-state index in [4.69, 9.17) is 14.2 Å². The van der Waals surface area contributed by atoms with E-state index < -0.39 is 6.10 Å². The molecule has 0 N–H and O–H groups in total. The first-order chi connectivity index (χ1) is 29.0. The summed E-state index contributed by atoms with van der Waals surface area (Å²) in [6.45, 7) is 6.21. The van der Waals surface area contributed by atoms with E-state index in [0.29, 0.717) is 12.8 Å². The van der Waals surface area contributed by atoms with Crippen molar-refractivity contribution in [2.45, 2.75) is 181 Å². The molecule has 0 aromatic carbocycles. The Labute approximate surface area is 361 Å². The van der Waals surface area contributed by atoms with Crippen LogP contribution in [0.5, 0.6) is 0 Å². The maximum Gasteiger partial charge on any atom is 0.306 e. The molecule has 0 aliphatic heterocycles. The summed E-state index contributed by atoms with van der Waals surface area (Å²) >= 11 is 0.